The van der Waals surface area contributed by atoms with Gasteiger partial charge in [0.05, 0.1) is 23.7 Å². The summed E-state index contributed by atoms with van der Waals surface area (Å²) >= 11 is 0. The van der Waals surface area contributed by atoms with E-state index >= 15 is 0 Å². The monoisotopic (exact) mass is 726 g/mol. The third-order valence-electron chi connectivity index (χ3n) is 13.6. The van der Waals surface area contributed by atoms with Crippen LogP contribution in [-0.4, -0.2) is 86.6 Å². The molecule has 3 aromatic rings. The predicted molar refractivity (Wildman–Crippen MR) is 204 cm³/mol. The van der Waals surface area contributed by atoms with Crippen LogP contribution in [0.15, 0.2) is 90.5 Å². The molecule has 5 fully saturated rings. The molecule has 4 aliphatic heterocycles. The van der Waals surface area contributed by atoms with Gasteiger partial charge in [-0.15, -0.1) is 0 Å². The number of piperidine rings is 2. The van der Waals surface area contributed by atoms with Gasteiger partial charge < -0.3 is 5.11 Å². The van der Waals surface area contributed by atoms with Gasteiger partial charge in [-0.2, -0.15) is 0 Å². The zero-order chi connectivity index (χ0) is 37.1. The van der Waals surface area contributed by atoms with E-state index in [1.54, 1.807) is 15.9 Å². The van der Waals surface area contributed by atoms with Gasteiger partial charge in [-0.25, -0.2) is 0 Å². The third kappa shape index (κ3) is 6.09. The second-order valence-corrected chi connectivity index (χ2v) is 16.6. The van der Waals surface area contributed by atoms with Crippen molar-refractivity contribution < 1.29 is 24.3 Å². The maximum absolute atomic E-state index is 14.7. The van der Waals surface area contributed by atoms with Crippen molar-refractivity contribution in [1.82, 2.24) is 19.6 Å². The fraction of sp³-hybridized carbons (Fsp3) is 0.467. The van der Waals surface area contributed by atoms with Crippen molar-refractivity contribution in [3.63, 3.8) is 0 Å². The van der Waals surface area contributed by atoms with Crippen LogP contribution in [0, 0.1) is 36.5 Å². The number of rotatable bonds is 7. The molecule has 1 N–H and O–H groups in total. The first-order chi connectivity index (χ1) is 26.3. The van der Waals surface area contributed by atoms with E-state index in [1.807, 2.05) is 31.2 Å². The molecular formula is C45H50N4O5. The number of amides is 4. The van der Waals surface area contributed by atoms with E-state index in [0.717, 1.165) is 76.1 Å². The standard InChI is InChI=1S/C45H50N4O5/c1-28-24-31(12-15-38(28)50)39-34-13-14-35-40(44(53)48(42(35)51)32-16-20-46(21-17-32)26-29-8-4-2-5-9-29)36(34)25-37-41(39)45(54)49(43(37)52)33-18-22-47(23-19-33)27-30-10-6-3-7-11-30/h2-13,15,24,32-33,35-37,39-41,50H,14,16-23,25-27H2,1H3. The summed E-state index contributed by atoms with van der Waals surface area (Å²) in [4.78, 5) is 66.0. The number of fused-ring (bicyclic) bond motifs is 4. The first-order valence-corrected chi connectivity index (χ1v) is 20.0. The molecule has 0 bridgehead atoms. The van der Waals surface area contributed by atoms with Crippen molar-refractivity contribution in [2.75, 3.05) is 26.2 Å². The number of benzene rings is 3. The number of aryl methyl sites for hydroxylation is 1. The quantitative estimate of drug-likeness (QED) is 0.248. The summed E-state index contributed by atoms with van der Waals surface area (Å²) in [7, 11) is 0. The Morgan fingerprint density at radius 1 is 0.611 bits per heavy atom. The fourth-order valence-corrected chi connectivity index (χ4v) is 11.0. The number of likely N-dealkylation sites (tertiary alicyclic amines) is 4. The van der Waals surface area contributed by atoms with Crippen LogP contribution in [0.3, 0.4) is 0 Å². The van der Waals surface area contributed by atoms with Gasteiger partial charge in [-0.1, -0.05) is 84.4 Å². The number of carbonyl (C=O) groups excluding carboxylic acids is 4. The molecule has 9 nitrogen and oxygen atoms in total. The fourth-order valence-electron chi connectivity index (χ4n) is 11.0. The number of allylic oxidation sites excluding steroid dienone is 2. The Kier molecular flexibility index (Phi) is 9.26. The Labute approximate surface area is 317 Å². The lowest BCUT2D eigenvalue weighted by Gasteiger charge is -2.44. The van der Waals surface area contributed by atoms with Crippen LogP contribution < -0.4 is 0 Å². The van der Waals surface area contributed by atoms with Crippen molar-refractivity contribution in [3.05, 3.63) is 113 Å². The van der Waals surface area contributed by atoms with E-state index in [1.165, 1.54) is 11.1 Å². The maximum atomic E-state index is 14.7. The lowest BCUT2D eigenvalue weighted by Crippen LogP contribution is -2.48. The van der Waals surface area contributed by atoms with Gasteiger partial charge in [0.1, 0.15) is 5.75 Å². The zero-order valence-corrected chi connectivity index (χ0v) is 31.1. The first kappa shape index (κ1) is 35.1. The average molecular weight is 727 g/mol. The van der Waals surface area contributed by atoms with Gasteiger partial charge in [0.2, 0.25) is 23.6 Å². The number of hydrogen-bond acceptors (Lipinski definition) is 7. The lowest BCUT2D eigenvalue weighted by molar-refractivity contribution is -0.146. The largest absolute Gasteiger partial charge is 0.508 e. The van der Waals surface area contributed by atoms with E-state index in [0.29, 0.717) is 18.4 Å². The highest BCUT2D eigenvalue weighted by molar-refractivity contribution is 6.08. The highest BCUT2D eigenvalue weighted by Crippen LogP contribution is 2.58. The Bertz CT molecular complexity index is 1970. The van der Waals surface area contributed by atoms with Crippen LogP contribution in [0.4, 0.5) is 0 Å². The summed E-state index contributed by atoms with van der Waals surface area (Å²) in [6.45, 7) is 6.81. The van der Waals surface area contributed by atoms with Gasteiger partial charge in [0, 0.05) is 57.3 Å². The van der Waals surface area contributed by atoms with Crippen molar-refractivity contribution in [2.24, 2.45) is 29.6 Å². The minimum absolute atomic E-state index is 0.0707. The van der Waals surface area contributed by atoms with Gasteiger partial charge in [-0.3, -0.25) is 38.8 Å². The summed E-state index contributed by atoms with van der Waals surface area (Å²) in [5, 5.41) is 10.5. The summed E-state index contributed by atoms with van der Waals surface area (Å²) in [6.07, 6.45) is 5.96. The maximum Gasteiger partial charge on any atom is 0.234 e. The average Bonchev–Trinajstić information content (AvgIpc) is 3.60. The van der Waals surface area contributed by atoms with Crippen molar-refractivity contribution in [3.8, 4) is 5.75 Å². The molecule has 0 aromatic heterocycles. The van der Waals surface area contributed by atoms with Gasteiger partial charge >= 0.3 is 0 Å². The Hall–Kier alpha value is -4.60. The molecule has 0 radical (unpaired) electrons. The van der Waals surface area contributed by atoms with Crippen LogP contribution in [0.1, 0.15) is 66.7 Å². The first-order valence-electron chi connectivity index (χ1n) is 20.0. The molecule has 0 spiro atoms. The molecule has 9 heteroatoms. The molecule has 3 aromatic carbocycles. The van der Waals surface area contributed by atoms with Gasteiger partial charge in [0.15, 0.2) is 0 Å². The molecule has 4 amide bonds. The Balaban J connectivity index is 0.964. The van der Waals surface area contributed by atoms with Crippen LogP contribution in [0.5, 0.6) is 5.75 Å². The van der Waals surface area contributed by atoms with E-state index in [9.17, 15) is 24.3 Å². The molecule has 9 rings (SSSR count). The minimum Gasteiger partial charge on any atom is -0.508 e. The normalized spacial score (nSPS) is 29.7. The smallest absolute Gasteiger partial charge is 0.234 e. The lowest BCUT2D eigenvalue weighted by atomic mass is 9.57. The number of phenolic OH excluding ortho intramolecular Hbond substituents is 1. The van der Waals surface area contributed by atoms with Crippen LogP contribution in [0.2, 0.25) is 0 Å². The Morgan fingerprint density at radius 3 is 1.67 bits per heavy atom. The minimum atomic E-state index is -0.569. The molecule has 1 saturated carbocycles. The summed E-state index contributed by atoms with van der Waals surface area (Å²) in [6, 6.07) is 26.0. The van der Waals surface area contributed by atoms with E-state index < -0.39 is 29.6 Å². The SMILES string of the molecule is Cc1cc(C2C3=CCC4C(=O)N(C5CCN(Cc6ccccc6)CC5)C(=O)C4C3CC3C(=O)N(C4CCN(Cc5ccccc5)CC4)C(=O)C32)ccc1O. The van der Waals surface area contributed by atoms with Gasteiger partial charge in [0.25, 0.3) is 0 Å². The molecule has 54 heavy (non-hydrogen) atoms. The summed E-state index contributed by atoms with van der Waals surface area (Å²) < 4.78 is 0. The molecule has 4 saturated heterocycles. The zero-order valence-electron chi connectivity index (χ0n) is 31.1. The molecular weight excluding hydrogens is 677 g/mol. The topological polar surface area (TPSA) is 101 Å². The highest BCUT2D eigenvalue weighted by atomic mass is 16.3. The molecule has 6 atom stereocenters. The van der Waals surface area contributed by atoms with Crippen molar-refractivity contribution in [2.45, 2.75) is 76.5 Å². The number of aromatic hydroxyl groups is 1. The molecule has 4 heterocycles. The van der Waals surface area contributed by atoms with Gasteiger partial charge in [-0.05, 0) is 79.7 Å². The number of phenols is 1. The number of imide groups is 2. The van der Waals surface area contributed by atoms with E-state index in [4.69, 9.17) is 0 Å². The van der Waals surface area contributed by atoms with Crippen LogP contribution in [-0.2, 0) is 32.3 Å². The Morgan fingerprint density at radius 2 is 1.13 bits per heavy atom. The van der Waals surface area contributed by atoms with Crippen molar-refractivity contribution in [1.29, 1.82) is 0 Å². The van der Waals surface area contributed by atoms with E-state index in [2.05, 4.69) is 64.4 Å². The predicted octanol–water partition coefficient (Wildman–Crippen LogP) is 5.67. The third-order valence-corrected chi connectivity index (χ3v) is 13.6. The summed E-state index contributed by atoms with van der Waals surface area (Å²) in [5.74, 6) is -3.00. The molecule has 6 unspecified atom stereocenters. The number of carbonyl (C=O) groups is 4. The molecule has 6 aliphatic rings. The van der Waals surface area contributed by atoms with Crippen molar-refractivity contribution >= 4 is 23.6 Å². The summed E-state index contributed by atoms with van der Waals surface area (Å²) in [5.41, 5.74) is 5.12. The molecule has 2 aliphatic carbocycles. The second-order valence-electron chi connectivity index (χ2n) is 16.6. The van der Waals surface area contributed by atoms with E-state index in [-0.39, 0.29) is 47.4 Å². The van der Waals surface area contributed by atoms with Crippen LogP contribution >= 0.6 is 0 Å². The highest BCUT2D eigenvalue weighted by Gasteiger charge is 2.63. The molecule has 280 valence electrons. The van der Waals surface area contributed by atoms with Crippen LogP contribution in [0.25, 0.3) is 0 Å². The second kappa shape index (κ2) is 14.2. The number of nitrogens with zero attached hydrogens (tertiary/aromatic N) is 4. The number of hydrogen-bond donors (Lipinski definition) is 1.